The van der Waals surface area contributed by atoms with Crippen molar-refractivity contribution in [3.05, 3.63) is 78.9 Å². The molecule has 0 bridgehead atoms. The molecule has 4 aromatic rings. The highest BCUT2D eigenvalue weighted by Crippen LogP contribution is 2.27. The molecule has 0 aliphatic carbocycles. The van der Waals surface area contributed by atoms with E-state index < -0.39 is 11.8 Å². The van der Waals surface area contributed by atoms with Crippen molar-refractivity contribution in [2.24, 2.45) is 0 Å². The van der Waals surface area contributed by atoms with Crippen LogP contribution >= 0.6 is 0 Å². The highest BCUT2D eigenvalue weighted by atomic mass is 19.1. The summed E-state index contributed by atoms with van der Waals surface area (Å²) in [5.41, 5.74) is 2.36. The number of carbonyl (C=O) groups is 1. The number of halogens is 1. The molecule has 0 saturated heterocycles. The van der Waals surface area contributed by atoms with Gasteiger partial charge >= 0.3 is 6.03 Å². The third kappa shape index (κ3) is 7.11. The van der Waals surface area contributed by atoms with E-state index in [2.05, 4.69) is 31.2 Å². The third-order valence-corrected chi connectivity index (χ3v) is 5.13. The van der Waals surface area contributed by atoms with Crippen molar-refractivity contribution in [3.63, 3.8) is 0 Å². The van der Waals surface area contributed by atoms with Crippen LogP contribution in [0.25, 0.3) is 10.9 Å². The van der Waals surface area contributed by atoms with Crippen LogP contribution in [-0.4, -0.2) is 47.4 Å². The lowest BCUT2D eigenvalue weighted by molar-refractivity contribution is 0.262. The number of urea groups is 1. The van der Waals surface area contributed by atoms with E-state index in [1.165, 1.54) is 24.5 Å². The zero-order valence-electron chi connectivity index (χ0n) is 19.5. The van der Waals surface area contributed by atoms with Gasteiger partial charge in [-0.25, -0.2) is 19.2 Å². The molecule has 4 rings (SSSR count). The highest BCUT2D eigenvalue weighted by Gasteiger charge is 2.08. The summed E-state index contributed by atoms with van der Waals surface area (Å²) in [6, 6.07) is 18.0. The number of fused-ring (bicyclic) bond motifs is 1. The Balaban J connectivity index is 1.38. The van der Waals surface area contributed by atoms with Crippen molar-refractivity contribution in [3.8, 4) is 5.75 Å². The number of nitrogens with one attached hydrogen (secondary N) is 4. The van der Waals surface area contributed by atoms with E-state index >= 15 is 0 Å². The fourth-order valence-electron chi connectivity index (χ4n) is 3.49. The third-order valence-electron chi connectivity index (χ3n) is 5.13. The van der Waals surface area contributed by atoms with E-state index in [-0.39, 0.29) is 6.61 Å². The zero-order valence-corrected chi connectivity index (χ0v) is 19.5. The van der Waals surface area contributed by atoms with Gasteiger partial charge in [0.1, 0.15) is 23.7 Å². The first kappa shape index (κ1) is 24.8. The maximum atomic E-state index is 13.3. The topological polar surface area (TPSA) is 120 Å². The number of hydrogen-bond acceptors (Lipinski definition) is 7. The molecule has 186 valence electrons. The summed E-state index contributed by atoms with van der Waals surface area (Å²) in [6.07, 6.45) is 2.29. The van der Waals surface area contributed by atoms with Crippen molar-refractivity contribution < 1.29 is 19.0 Å². The van der Waals surface area contributed by atoms with E-state index in [0.717, 1.165) is 23.9 Å². The molecular formula is C26H27FN6O3. The van der Waals surface area contributed by atoms with Gasteiger partial charge in [0.15, 0.2) is 0 Å². The largest absolute Gasteiger partial charge is 0.493 e. The van der Waals surface area contributed by atoms with Gasteiger partial charge in [-0.2, -0.15) is 0 Å². The quantitative estimate of drug-likeness (QED) is 0.196. The van der Waals surface area contributed by atoms with Crippen LogP contribution in [0.1, 0.15) is 6.42 Å². The molecule has 9 nitrogen and oxygen atoms in total. The number of amides is 2. The van der Waals surface area contributed by atoms with Crippen molar-refractivity contribution in [2.75, 3.05) is 42.3 Å². The maximum absolute atomic E-state index is 13.3. The Hall–Kier alpha value is -4.28. The minimum absolute atomic E-state index is 0.119. The van der Waals surface area contributed by atoms with Gasteiger partial charge < -0.3 is 31.1 Å². The predicted octanol–water partition coefficient (Wildman–Crippen LogP) is 4.51. The van der Waals surface area contributed by atoms with Crippen LogP contribution in [0.2, 0.25) is 0 Å². The van der Waals surface area contributed by atoms with E-state index in [0.29, 0.717) is 41.8 Å². The maximum Gasteiger partial charge on any atom is 0.323 e. The van der Waals surface area contributed by atoms with E-state index in [4.69, 9.17) is 9.84 Å². The van der Waals surface area contributed by atoms with Gasteiger partial charge in [-0.3, -0.25) is 0 Å². The average Bonchev–Trinajstić information content (AvgIpc) is 2.86. The molecule has 0 spiro atoms. The Kier molecular flexibility index (Phi) is 8.57. The fraction of sp³-hybridized carbons (Fsp3) is 0.192. The highest BCUT2D eigenvalue weighted by molar-refractivity contribution is 6.00. The summed E-state index contributed by atoms with van der Waals surface area (Å²) in [5, 5.41) is 21.3. The Morgan fingerprint density at radius 1 is 0.917 bits per heavy atom. The summed E-state index contributed by atoms with van der Waals surface area (Å²) in [7, 11) is 0. The molecule has 3 aromatic carbocycles. The van der Waals surface area contributed by atoms with Gasteiger partial charge in [-0.15, -0.1) is 0 Å². The first-order valence-electron chi connectivity index (χ1n) is 11.5. The zero-order chi connectivity index (χ0) is 25.2. The number of nitrogens with zero attached hydrogens (tertiary/aromatic N) is 2. The molecule has 5 N–H and O–H groups in total. The molecule has 10 heteroatoms. The molecule has 0 aliphatic heterocycles. The lowest BCUT2D eigenvalue weighted by atomic mass is 10.2. The number of hydrogen-bond donors (Lipinski definition) is 5. The Morgan fingerprint density at radius 2 is 1.69 bits per heavy atom. The van der Waals surface area contributed by atoms with Gasteiger partial charge in [0.2, 0.25) is 0 Å². The monoisotopic (exact) mass is 490 g/mol. The van der Waals surface area contributed by atoms with Gasteiger partial charge in [-0.05, 0) is 61.5 Å². The first-order valence-corrected chi connectivity index (χ1v) is 11.5. The van der Waals surface area contributed by atoms with Crippen LogP contribution in [0.3, 0.4) is 0 Å². The summed E-state index contributed by atoms with van der Waals surface area (Å²) in [5.74, 6) is 0.896. The number of rotatable bonds is 11. The molecule has 1 aromatic heterocycles. The number of carbonyl (C=O) groups excluding carboxylic acids is 1. The molecule has 2 amide bonds. The number of aliphatic hydroxyl groups is 1. The molecule has 0 radical (unpaired) electrons. The minimum Gasteiger partial charge on any atom is -0.493 e. The predicted molar refractivity (Wildman–Crippen MR) is 138 cm³/mol. The van der Waals surface area contributed by atoms with E-state index in [1.54, 1.807) is 24.3 Å². The second-order valence-electron chi connectivity index (χ2n) is 7.87. The summed E-state index contributed by atoms with van der Waals surface area (Å²) >= 11 is 0. The molecule has 1 heterocycles. The van der Waals surface area contributed by atoms with E-state index in [1.807, 2.05) is 24.3 Å². The van der Waals surface area contributed by atoms with Crippen LogP contribution in [-0.2, 0) is 0 Å². The number of aliphatic hydroxyl groups excluding tert-OH is 1. The van der Waals surface area contributed by atoms with Crippen LogP contribution in [0, 0.1) is 5.82 Å². The second kappa shape index (κ2) is 12.4. The molecule has 0 fully saturated rings. The van der Waals surface area contributed by atoms with Crippen molar-refractivity contribution in [1.82, 2.24) is 15.3 Å². The van der Waals surface area contributed by atoms with Gasteiger partial charge in [0, 0.05) is 35.1 Å². The van der Waals surface area contributed by atoms with Crippen molar-refractivity contribution in [2.45, 2.75) is 6.42 Å². The van der Waals surface area contributed by atoms with Crippen LogP contribution in [0.5, 0.6) is 5.75 Å². The molecule has 36 heavy (non-hydrogen) atoms. The number of benzene rings is 3. The molecule has 0 saturated carbocycles. The number of ether oxygens (including phenoxy) is 1. The Labute approximate surface area is 207 Å². The first-order chi connectivity index (χ1) is 17.6. The summed E-state index contributed by atoms with van der Waals surface area (Å²) in [6.45, 7) is 2.01. The smallest absolute Gasteiger partial charge is 0.323 e. The normalized spacial score (nSPS) is 10.7. The summed E-state index contributed by atoms with van der Waals surface area (Å²) < 4.78 is 19.1. The Morgan fingerprint density at radius 3 is 2.50 bits per heavy atom. The van der Waals surface area contributed by atoms with Crippen molar-refractivity contribution >= 4 is 39.8 Å². The summed E-state index contributed by atoms with van der Waals surface area (Å²) in [4.78, 5) is 21.0. The SMILES string of the molecule is O=C(Nc1cccc(F)c1)Nc1cccc(Nc2ncnc3cc(OCCCNCCO)ccc23)c1. The number of anilines is 4. The standard InChI is InChI=1S/C26H27FN6O3/c27-18-4-1-5-19(14-18)32-26(35)33-21-7-2-6-20(15-21)31-25-23-9-8-22(16-24(23)29-17-30-25)36-13-3-10-28-11-12-34/h1-2,4-9,14-17,28,34H,3,10-13H2,(H,29,30,31)(H2,32,33,35). The van der Waals surface area contributed by atoms with Crippen LogP contribution in [0.15, 0.2) is 73.1 Å². The minimum atomic E-state index is -0.484. The van der Waals surface area contributed by atoms with Crippen LogP contribution < -0.4 is 26.0 Å². The molecule has 0 atom stereocenters. The van der Waals surface area contributed by atoms with Gasteiger partial charge in [0.25, 0.3) is 0 Å². The molecule has 0 unspecified atom stereocenters. The molecule has 0 aliphatic rings. The van der Waals surface area contributed by atoms with Crippen molar-refractivity contribution in [1.29, 1.82) is 0 Å². The fourth-order valence-corrected chi connectivity index (χ4v) is 3.49. The number of aromatic nitrogens is 2. The lowest BCUT2D eigenvalue weighted by Gasteiger charge is -2.12. The average molecular weight is 491 g/mol. The van der Waals surface area contributed by atoms with Crippen LogP contribution in [0.4, 0.5) is 32.1 Å². The Bertz CT molecular complexity index is 1320. The van der Waals surface area contributed by atoms with Gasteiger partial charge in [-0.1, -0.05) is 12.1 Å². The lowest BCUT2D eigenvalue weighted by Crippen LogP contribution is -2.20. The second-order valence-corrected chi connectivity index (χ2v) is 7.87. The molecular weight excluding hydrogens is 463 g/mol. The van der Waals surface area contributed by atoms with E-state index in [9.17, 15) is 9.18 Å². The van der Waals surface area contributed by atoms with Gasteiger partial charge in [0.05, 0.1) is 18.7 Å².